The van der Waals surface area contributed by atoms with Crippen LogP contribution in [0.3, 0.4) is 0 Å². The fraction of sp³-hybridized carbons (Fsp3) is 0.391. The number of nitrogens with one attached hydrogen (secondary N) is 1. The minimum Gasteiger partial charge on any atom is -0.482 e. The number of pyridine rings is 1. The molecule has 7 heteroatoms. The van der Waals surface area contributed by atoms with Gasteiger partial charge in [0.05, 0.1) is 12.2 Å². The van der Waals surface area contributed by atoms with Gasteiger partial charge >= 0.3 is 0 Å². The second kappa shape index (κ2) is 8.44. The number of anilines is 1. The molecule has 1 aliphatic rings. The predicted octanol–water partition coefficient (Wildman–Crippen LogP) is 4.35. The van der Waals surface area contributed by atoms with E-state index in [0.717, 1.165) is 32.0 Å². The van der Waals surface area contributed by atoms with E-state index in [1.165, 1.54) is 12.3 Å². The minimum absolute atomic E-state index is 0.210. The first-order chi connectivity index (χ1) is 18.1. The molecule has 0 bridgehead atoms. The third kappa shape index (κ3) is 4.03. The van der Waals surface area contributed by atoms with Gasteiger partial charge in [0.1, 0.15) is 11.9 Å². The zero-order chi connectivity index (χ0) is 28.8. The number of hydrogen-bond acceptors (Lipinski definition) is 5. The molecule has 3 aromatic rings. The van der Waals surface area contributed by atoms with Crippen molar-refractivity contribution in [3.8, 4) is 16.9 Å². The molecular formula is C23H28FN5O. The van der Waals surface area contributed by atoms with E-state index >= 15 is 0 Å². The lowest BCUT2D eigenvalue weighted by Gasteiger charge is -2.22. The number of aryl methyl sites for hydroxylation is 1. The van der Waals surface area contributed by atoms with Gasteiger partial charge in [-0.15, -0.1) is 0 Å². The largest absolute Gasteiger partial charge is 0.482 e. The van der Waals surface area contributed by atoms with Gasteiger partial charge in [-0.2, -0.15) is 5.10 Å². The molecule has 6 nitrogen and oxygen atoms in total. The lowest BCUT2D eigenvalue weighted by molar-refractivity contribution is 0.225. The van der Waals surface area contributed by atoms with E-state index in [9.17, 15) is 4.39 Å². The minimum atomic E-state index is -3.18. The molecule has 158 valence electrons. The molecule has 4 rings (SSSR count). The van der Waals surface area contributed by atoms with Gasteiger partial charge in [-0.1, -0.05) is 6.07 Å². The monoisotopic (exact) mass is 418 g/mol. The second-order valence-corrected chi connectivity index (χ2v) is 7.18. The maximum atomic E-state index is 14.9. The third-order valence-electron chi connectivity index (χ3n) is 5.20. The van der Waals surface area contributed by atoms with Crippen molar-refractivity contribution in [2.24, 2.45) is 0 Å². The van der Waals surface area contributed by atoms with Crippen LogP contribution in [0.2, 0.25) is 0 Å². The summed E-state index contributed by atoms with van der Waals surface area (Å²) < 4.78 is 93.9. The number of nitrogen functional groups attached to an aromatic ring is 1. The van der Waals surface area contributed by atoms with Crippen LogP contribution in [0.4, 0.5) is 10.2 Å². The average Bonchev–Trinajstić information content (AvgIpc) is 3.32. The van der Waals surface area contributed by atoms with E-state index in [1.807, 2.05) is 10.9 Å². The molecular weight excluding hydrogens is 381 g/mol. The van der Waals surface area contributed by atoms with E-state index in [4.69, 9.17) is 22.8 Å². The van der Waals surface area contributed by atoms with Crippen LogP contribution in [0.1, 0.15) is 60.9 Å². The van der Waals surface area contributed by atoms with Crippen molar-refractivity contribution in [2.75, 3.05) is 18.8 Å². The number of nitrogens with two attached hydrogens (primary N) is 1. The number of rotatable bonds is 5. The Kier molecular flexibility index (Phi) is 3.39. The van der Waals surface area contributed by atoms with Crippen LogP contribution in [-0.2, 0) is 0 Å². The second-order valence-electron chi connectivity index (χ2n) is 7.18. The average molecular weight is 419 g/mol. The van der Waals surface area contributed by atoms with Crippen molar-refractivity contribution in [3.63, 3.8) is 0 Å². The molecule has 0 radical (unpaired) electrons. The smallest absolute Gasteiger partial charge is 0.166 e. The zero-order valence-electron chi connectivity index (χ0n) is 25.2. The summed E-state index contributed by atoms with van der Waals surface area (Å²) >= 11 is 0. The summed E-state index contributed by atoms with van der Waals surface area (Å²) in [4.78, 5) is 4.09. The van der Waals surface area contributed by atoms with Gasteiger partial charge in [0.25, 0.3) is 0 Å². The van der Waals surface area contributed by atoms with Crippen molar-refractivity contribution in [2.45, 2.75) is 45.5 Å². The van der Waals surface area contributed by atoms with Crippen LogP contribution in [-0.4, -0.2) is 27.9 Å². The molecule has 3 N–H and O–H groups in total. The molecule has 0 amide bonds. The number of nitrogens with zero attached hydrogens (tertiary/aromatic N) is 3. The van der Waals surface area contributed by atoms with Crippen molar-refractivity contribution >= 4 is 5.82 Å². The highest BCUT2D eigenvalue weighted by Crippen LogP contribution is 2.33. The molecule has 0 saturated carbocycles. The van der Waals surface area contributed by atoms with Gasteiger partial charge in [0, 0.05) is 41.4 Å². The first-order valence-electron chi connectivity index (χ1n) is 14.1. The first-order valence-corrected chi connectivity index (χ1v) is 9.58. The third-order valence-corrected chi connectivity index (χ3v) is 5.20. The quantitative estimate of drug-likeness (QED) is 0.644. The van der Waals surface area contributed by atoms with E-state index in [1.54, 1.807) is 6.20 Å². The van der Waals surface area contributed by atoms with Gasteiger partial charge in [0.2, 0.25) is 0 Å². The number of benzene rings is 1. The Morgan fingerprint density at radius 3 is 2.90 bits per heavy atom. The Morgan fingerprint density at radius 2 is 2.13 bits per heavy atom. The van der Waals surface area contributed by atoms with Crippen molar-refractivity contribution in [1.29, 1.82) is 0 Å². The molecule has 1 fully saturated rings. The standard InChI is InChI=1S/C23H28FN5O/c1-14-4-5-20(24)15(2)22(14)16(3)30-21-10-17(11-27-23(21)25)18-12-28-29(13-18)19-6-8-26-9-7-19/h4-5,10-13,16,19,26H,6-9H2,1-3H3,(H2,25,27)/t16-/m1/s1/i1D3,2D3,3D3. The first kappa shape index (κ1) is 12.1. The molecule has 1 atom stereocenters. The highest BCUT2D eigenvalue weighted by Gasteiger charge is 2.19. The van der Waals surface area contributed by atoms with Crippen LogP contribution >= 0.6 is 0 Å². The molecule has 0 aliphatic carbocycles. The molecule has 30 heavy (non-hydrogen) atoms. The molecule has 1 saturated heterocycles. The van der Waals surface area contributed by atoms with E-state index in [2.05, 4.69) is 15.4 Å². The lowest BCUT2D eigenvalue weighted by atomic mass is 9.98. The Labute approximate surface area is 188 Å². The summed E-state index contributed by atoms with van der Waals surface area (Å²) in [7, 11) is 0. The fourth-order valence-electron chi connectivity index (χ4n) is 3.52. The van der Waals surface area contributed by atoms with Gasteiger partial charge in [0.15, 0.2) is 11.6 Å². The Morgan fingerprint density at radius 1 is 1.27 bits per heavy atom. The van der Waals surface area contributed by atoms with Crippen LogP contribution < -0.4 is 15.8 Å². The van der Waals surface area contributed by atoms with E-state index in [-0.39, 0.29) is 17.6 Å². The summed E-state index contributed by atoms with van der Waals surface area (Å²) in [6.45, 7) is -7.52. The molecule has 0 spiro atoms. The van der Waals surface area contributed by atoms with Gasteiger partial charge < -0.3 is 15.8 Å². The number of halogens is 1. The van der Waals surface area contributed by atoms with Crippen LogP contribution in [0.25, 0.3) is 11.1 Å². The number of ether oxygens (including phenoxy) is 1. The molecule has 2 aromatic heterocycles. The van der Waals surface area contributed by atoms with Crippen LogP contribution in [0, 0.1) is 19.5 Å². The Balaban J connectivity index is 1.80. The van der Waals surface area contributed by atoms with Crippen molar-refractivity contribution in [3.05, 3.63) is 59.3 Å². The van der Waals surface area contributed by atoms with E-state index < -0.39 is 49.2 Å². The number of piperidine rings is 1. The summed E-state index contributed by atoms with van der Waals surface area (Å²) in [5.74, 6) is -1.73. The van der Waals surface area contributed by atoms with Crippen LogP contribution in [0.15, 0.2) is 36.8 Å². The molecule has 1 aromatic carbocycles. The molecule has 0 unspecified atom stereocenters. The summed E-state index contributed by atoms with van der Waals surface area (Å²) in [5.41, 5.74) is 4.64. The summed E-state index contributed by atoms with van der Waals surface area (Å²) in [6, 6.07) is 3.16. The fourth-order valence-corrected chi connectivity index (χ4v) is 3.52. The lowest BCUT2D eigenvalue weighted by Crippen LogP contribution is -2.29. The Bertz CT molecular complexity index is 1330. The summed E-state index contributed by atoms with van der Waals surface area (Å²) in [5, 5.41) is 7.72. The topological polar surface area (TPSA) is 78.0 Å². The normalized spacial score (nSPS) is 21.6. The maximum absolute atomic E-state index is 14.9. The van der Waals surface area contributed by atoms with Gasteiger partial charge in [-0.05, 0) is 69.7 Å². The van der Waals surface area contributed by atoms with E-state index in [0.29, 0.717) is 17.2 Å². The van der Waals surface area contributed by atoms with Crippen molar-refractivity contribution in [1.82, 2.24) is 20.1 Å². The van der Waals surface area contributed by atoms with Crippen LogP contribution in [0.5, 0.6) is 5.75 Å². The molecule has 3 heterocycles. The number of hydrogen-bond donors (Lipinski definition) is 2. The summed E-state index contributed by atoms with van der Waals surface area (Å²) in [6.07, 6.45) is 4.50. The highest BCUT2D eigenvalue weighted by atomic mass is 19.1. The van der Waals surface area contributed by atoms with Gasteiger partial charge in [-0.3, -0.25) is 4.68 Å². The predicted molar refractivity (Wildman–Crippen MR) is 116 cm³/mol. The van der Waals surface area contributed by atoms with Crippen molar-refractivity contribution < 1.29 is 21.5 Å². The maximum Gasteiger partial charge on any atom is 0.166 e. The SMILES string of the molecule is [2H]C([2H])([2H])c1ccc(F)c(C([2H])([2H])[2H])c1[C@H](Oc1cc(-c2cnn(C3CCNCC3)c2)cnc1N)C([2H])([2H])[2H]. The highest BCUT2D eigenvalue weighted by molar-refractivity contribution is 5.66. The zero-order valence-corrected chi connectivity index (χ0v) is 16.2. The van der Waals surface area contributed by atoms with Gasteiger partial charge in [-0.25, -0.2) is 9.37 Å². The number of aromatic nitrogens is 3. The molecule has 1 aliphatic heterocycles. The Hall–Kier alpha value is -2.93.